The maximum atomic E-state index is 12.0. The van der Waals surface area contributed by atoms with E-state index in [1.807, 2.05) is 26.2 Å². The van der Waals surface area contributed by atoms with E-state index in [2.05, 4.69) is 41.1 Å². The molecule has 0 bridgehead atoms. The standard InChI is InChI=1S/C15H23N5O/c1-15(2,3)11-6-7-13-12(10-11)17-14(18-20(13)21)16-8-9-19(4)5/h6-7,10H,8-9H2,1-5H3,(H,16,17,18). The van der Waals surface area contributed by atoms with Crippen LogP contribution >= 0.6 is 0 Å². The topological polar surface area (TPSA) is 68.0 Å². The molecule has 2 aromatic rings. The molecule has 0 atom stereocenters. The van der Waals surface area contributed by atoms with Crippen molar-refractivity contribution in [1.82, 2.24) is 15.0 Å². The monoisotopic (exact) mass is 289 g/mol. The Kier molecular flexibility index (Phi) is 4.27. The Labute approximate surface area is 125 Å². The Morgan fingerprint density at radius 2 is 2.00 bits per heavy atom. The van der Waals surface area contributed by atoms with Crippen LogP contribution in [0.3, 0.4) is 0 Å². The van der Waals surface area contributed by atoms with E-state index in [-0.39, 0.29) is 5.41 Å². The molecular formula is C15H23N5O. The van der Waals surface area contributed by atoms with E-state index in [1.165, 1.54) is 0 Å². The molecule has 6 nitrogen and oxygen atoms in total. The van der Waals surface area contributed by atoms with Crippen molar-refractivity contribution in [2.75, 3.05) is 32.5 Å². The minimum absolute atomic E-state index is 0.0192. The Bertz CT molecular complexity index is 634. The predicted octanol–water partition coefficient (Wildman–Crippen LogP) is 1.53. The number of fused-ring (bicyclic) bond motifs is 1. The van der Waals surface area contributed by atoms with Crippen molar-refractivity contribution in [2.45, 2.75) is 26.2 Å². The molecule has 21 heavy (non-hydrogen) atoms. The van der Waals surface area contributed by atoms with Crippen LogP contribution in [-0.4, -0.2) is 42.2 Å². The third kappa shape index (κ3) is 3.78. The lowest BCUT2D eigenvalue weighted by Crippen LogP contribution is -2.34. The number of nitrogens with zero attached hydrogens (tertiary/aromatic N) is 4. The molecule has 0 saturated heterocycles. The van der Waals surface area contributed by atoms with Crippen molar-refractivity contribution < 1.29 is 4.85 Å². The molecule has 1 aromatic heterocycles. The summed E-state index contributed by atoms with van der Waals surface area (Å²) in [6, 6.07) is 5.70. The van der Waals surface area contributed by atoms with Crippen LogP contribution in [0.25, 0.3) is 11.0 Å². The molecule has 0 unspecified atom stereocenters. The van der Waals surface area contributed by atoms with E-state index in [4.69, 9.17) is 0 Å². The van der Waals surface area contributed by atoms with Crippen LogP contribution in [0.4, 0.5) is 5.95 Å². The maximum absolute atomic E-state index is 12.0. The number of hydrogen-bond donors (Lipinski definition) is 1. The zero-order valence-corrected chi connectivity index (χ0v) is 13.3. The van der Waals surface area contributed by atoms with Crippen molar-refractivity contribution in [1.29, 1.82) is 0 Å². The molecule has 0 aliphatic carbocycles. The number of aromatic nitrogens is 3. The summed E-state index contributed by atoms with van der Waals surface area (Å²) in [6.45, 7) is 7.95. The fraction of sp³-hybridized carbons (Fsp3) is 0.533. The highest BCUT2D eigenvalue weighted by Gasteiger charge is 2.17. The Hall–Kier alpha value is -1.95. The summed E-state index contributed by atoms with van der Waals surface area (Å²) in [6.07, 6.45) is 0. The minimum atomic E-state index is 0.0192. The van der Waals surface area contributed by atoms with Gasteiger partial charge in [-0.25, -0.2) is 4.98 Å². The number of benzene rings is 1. The van der Waals surface area contributed by atoms with Gasteiger partial charge >= 0.3 is 0 Å². The number of rotatable bonds is 4. The second-order valence-corrected chi connectivity index (χ2v) is 6.49. The summed E-state index contributed by atoms with van der Waals surface area (Å²) in [5.74, 6) is 0.366. The molecule has 0 spiro atoms. The third-order valence-electron chi connectivity index (χ3n) is 3.30. The first-order valence-electron chi connectivity index (χ1n) is 7.08. The summed E-state index contributed by atoms with van der Waals surface area (Å²) >= 11 is 0. The lowest BCUT2D eigenvalue weighted by Gasteiger charge is -2.18. The number of nitrogens with one attached hydrogen (secondary N) is 1. The highest BCUT2D eigenvalue weighted by molar-refractivity contribution is 5.73. The van der Waals surface area contributed by atoms with Gasteiger partial charge in [0, 0.05) is 19.2 Å². The third-order valence-corrected chi connectivity index (χ3v) is 3.30. The fourth-order valence-electron chi connectivity index (χ4n) is 1.98. The molecule has 114 valence electrons. The normalized spacial score (nSPS) is 12.1. The van der Waals surface area contributed by atoms with E-state index in [0.29, 0.717) is 28.4 Å². The largest absolute Gasteiger partial charge is 0.594 e. The first-order valence-corrected chi connectivity index (χ1v) is 7.08. The number of likely N-dealkylation sites (N-methyl/N-ethyl adjacent to an activating group) is 1. The van der Waals surface area contributed by atoms with Crippen LogP contribution < -0.4 is 10.2 Å². The Morgan fingerprint density at radius 3 is 2.62 bits per heavy atom. The van der Waals surface area contributed by atoms with Gasteiger partial charge in [0.1, 0.15) is 5.52 Å². The molecule has 0 aliphatic heterocycles. The van der Waals surface area contributed by atoms with Crippen LogP contribution in [0.1, 0.15) is 26.3 Å². The van der Waals surface area contributed by atoms with Gasteiger partial charge in [-0.1, -0.05) is 26.8 Å². The van der Waals surface area contributed by atoms with Crippen LogP contribution in [0, 0.1) is 5.21 Å². The van der Waals surface area contributed by atoms with Crippen molar-refractivity contribution in [3.8, 4) is 0 Å². The molecule has 1 N–H and O–H groups in total. The molecule has 0 radical (unpaired) electrons. The predicted molar refractivity (Wildman–Crippen MR) is 84.2 cm³/mol. The maximum Gasteiger partial charge on any atom is 0.290 e. The molecule has 0 saturated carbocycles. The van der Waals surface area contributed by atoms with E-state index < -0.39 is 0 Å². The second kappa shape index (κ2) is 5.81. The lowest BCUT2D eigenvalue weighted by atomic mass is 9.87. The fourth-order valence-corrected chi connectivity index (χ4v) is 1.98. The summed E-state index contributed by atoms with van der Waals surface area (Å²) in [4.78, 5) is 7.13. The van der Waals surface area contributed by atoms with Gasteiger partial charge in [0.05, 0.1) is 5.10 Å². The van der Waals surface area contributed by atoms with Gasteiger partial charge in [-0.2, -0.15) is 0 Å². The zero-order valence-electron chi connectivity index (χ0n) is 13.3. The lowest BCUT2D eigenvalue weighted by molar-refractivity contribution is -0.641. The van der Waals surface area contributed by atoms with Gasteiger partial charge in [0.15, 0.2) is 0 Å². The van der Waals surface area contributed by atoms with Gasteiger partial charge in [-0.05, 0) is 36.0 Å². The number of anilines is 1. The van der Waals surface area contributed by atoms with Crippen molar-refractivity contribution >= 4 is 17.0 Å². The Morgan fingerprint density at radius 1 is 1.29 bits per heavy atom. The molecule has 1 aromatic carbocycles. The van der Waals surface area contributed by atoms with E-state index >= 15 is 0 Å². The first-order chi connectivity index (χ1) is 9.77. The Balaban J connectivity index is 2.33. The van der Waals surface area contributed by atoms with Crippen LogP contribution in [0.5, 0.6) is 0 Å². The van der Waals surface area contributed by atoms with Crippen molar-refractivity contribution in [3.05, 3.63) is 29.0 Å². The molecule has 6 heteroatoms. The average Bonchev–Trinajstić information content (AvgIpc) is 2.36. The SMILES string of the molecule is CN(C)CCNc1nc2cc(C(C)(C)C)ccc2[n+]([O-])n1. The van der Waals surface area contributed by atoms with Crippen LogP contribution in [0.2, 0.25) is 0 Å². The molecule has 0 aliphatic rings. The second-order valence-electron chi connectivity index (χ2n) is 6.49. The molecule has 1 heterocycles. The molecule has 2 rings (SSSR count). The van der Waals surface area contributed by atoms with E-state index in [9.17, 15) is 5.21 Å². The van der Waals surface area contributed by atoms with E-state index in [0.717, 1.165) is 12.1 Å². The van der Waals surface area contributed by atoms with Crippen molar-refractivity contribution in [2.24, 2.45) is 0 Å². The van der Waals surface area contributed by atoms with Crippen molar-refractivity contribution in [3.63, 3.8) is 0 Å². The summed E-state index contributed by atoms with van der Waals surface area (Å²) in [5.41, 5.74) is 2.32. The van der Waals surface area contributed by atoms with Gasteiger partial charge in [0.25, 0.3) is 11.5 Å². The number of hydrogen-bond acceptors (Lipinski definition) is 5. The smallest absolute Gasteiger partial charge is 0.290 e. The van der Waals surface area contributed by atoms with E-state index in [1.54, 1.807) is 6.07 Å². The van der Waals surface area contributed by atoms with Gasteiger partial charge in [-0.15, -0.1) is 0 Å². The summed E-state index contributed by atoms with van der Waals surface area (Å²) < 4.78 is 0. The summed E-state index contributed by atoms with van der Waals surface area (Å²) in [7, 11) is 3.98. The molecule has 0 fully saturated rings. The van der Waals surface area contributed by atoms with Crippen LogP contribution in [0.15, 0.2) is 18.2 Å². The highest BCUT2D eigenvalue weighted by atomic mass is 16.5. The summed E-state index contributed by atoms with van der Waals surface area (Å²) in [5, 5.41) is 19.0. The average molecular weight is 289 g/mol. The van der Waals surface area contributed by atoms with Gasteiger partial charge in [0.2, 0.25) is 0 Å². The van der Waals surface area contributed by atoms with Gasteiger partial charge < -0.3 is 15.4 Å². The molecule has 0 amide bonds. The zero-order chi connectivity index (χ0) is 15.6. The van der Waals surface area contributed by atoms with Crippen LogP contribution in [-0.2, 0) is 5.41 Å². The highest BCUT2D eigenvalue weighted by Crippen LogP contribution is 2.24. The quantitative estimate of drug-likeness (QED) is 0.683. The molecular weight excluding hydrogens is 266 g/mol. The first kappa shape index (κ1) is 15.4. The minimum Gasteiger partial charge on any atom is -0.594 e. The van der Waals surface area contributed by atoms with Gasteiger partial charge in [-0.3, -0.25) is 0 Å².